The molecule has 2 atom stereocenters. The Labute approximate surface area is 211 Å². The Morgan fingerprint density at radius 3 is 2.36 bits per heavy atom. The average Bonchev–Trinajstić information content (AvgIpc) is 3.27. The number of phenolic OH excluding ortho intramolecular Hbond substituents is 2. The largest absolute Gasteiger partial charge is 0.508 e. The van der Waals surface area contributed by atoms with E-state index in [0.29, 0.717) is 18.7 Å². The lowest BCUT2D eigenvalue weighted by atomic mass is 9.97. The molecule has 1 amide bonds. The number of nitrogens with zero attached hydrogens (tertiary/aromatic N) is 3. The number of benzene rings is 2. The van der Waals surface area contributed by atoms with Gasteiger partial charge in [-0.05, 0) is 36.7 Å². The highest BCUT2D eigenvalue weighted by Gasteiger charge is 2.28. The third-order valence-electron chi connectivity index (χ3n) is 7.13. The van der Waals surface area contributed by atoms with E-state index in [9.17, 15) is 19.8 Å². The molecule has 0 saturated carbocycles. The van der Waals surface area contributed by atoms with Gasteiger partial charge >= 0.3 is 5.97 Å². The molecule has 4 rings (SSSR count). The summed E-state index contributed by atoms with van der Waals surface area (Å²) in [4.78, 5) is 30.8. The Kier molecular flexibility index (Phi) is 7.82. The van der Waals surface area contributed by atoms with Crippen LogP contribution in [0.15, 0.2) is 30.3 Å². The SMILES string of the molecule is CC(CO[C@@H](C)C(=O)O)c1cc(C(=O)N2Cc3ccc(CN4CCN(C)CC4)cc3C2)c(O)cc1O. The maximum absolute atomic E-state index is 13.4. The number of ether oxygens (including phenoxy) is 1. The van der Waals surface area contributed by atoms with Crippen molar-refractivity contribution in [3.8, 4) is 11.5 Å². The molecule has 2 aromatic rings. The van der Waals surface area contributed by atoms with E-state index in [0.717, 1.165) is 49.9 Å². The lowest BCUT2D eigenvalue weighted by molar-refractivity contribution is -0.149. The number of hydrogen-bond donors (Lipinski definition) is 3. The number of carbonyl (C=O) groups is 2. The normalized spacial score (nSPS) is 18.1. The number of amides is 1. The van der Waals surface area contributed by atoms with E-state index in [2.05, 4.69) is 35.0 Å². The van der Waals surface area contributed by atoms with Crippen molar-refractivity contribution in [3.63, 3.8) is 0 Å². The van der Waals surface area contributed by atoms with Gasteiger partial charge in [-0.1, -0.05) is 25.1 Å². The lowest BCUT2D eigenvalue weighted by Crippen LogP contribution is -2.43. The van der Waals surface area contributed by atoms with Crippen LogP contribution in [0.1, 0.15) is 52.4 Å². The van der Waals surface area contributed by atoms with E-state index in [1.165, 1.54) is 18.6 Å². The number of piperazine rings is 1. The van der Waals surface area contributed by atoms with Gasteiger partial charge in [0.05, 0.1) is 12.2 Å². The van der Waals surface area contributed by atoms with Crippen LogP contribution in [0.2, 0.25) is 0 Å². The van der Waals surface area contributed by atoms with E-state index >= 15 is 0 Å². The summed E-state index contributed by atoms with van der Waals surface area (Å²) in [6.45, 7) is 9.25. The van der Waals surface area contributed by atoms with Crippen LogP contribution in [-0.2, 0) is 29.2 Å². The van der Waals surface area contributed by atoms with Crippen molar-refractivity contribution in [2.45, 2.75) is 45.5 Å². The van der Waals surface area contributed by atoms with Gasteiger partial charge < -0.3 is 29.9 Å². The van der Waals surface area contributed by atoms with Gasteiger partial charge in [0.1, 0.15) is 11.5 Å². The molecular weight excluding hydrogens is 462 g/mol. The van der Waals surface area contributed by atoms with Gasteiger partial charge in [-0.3, -0.25) is 9.69 Å². The third kappa shape index (κ3) is 5.80. The fourth-order valence-corrected chi connectivity index (χ4v) is 4.73. The molecule has 194 valence electrons. The van der Waals surface area contributed by atoms with Gasteiger partial charge in [-0.25, -0.2) is 4.79 Å². The molecule has 9 heteroatoms. The second-order valence-electron chi connectivity index (χ2n) is 9.99. The summed E-state index contributed by atoms with van der Waals surface area (Å²) in [5.74, 6) is -2.24. The van der Waals surface area contributed by atoms with Crippen LogP contribution in [0.25, 0.3) is 0 Å². The Morgan fingerprint density at radius 1 is 0.972 bits per heavy atom. The first-order valence-corrected chi connectivity index (χ1v) is 12.3. The van der Waals surface area contributed by atoms with Crippen molar-refractivity contribution in [2.75, 3.05) is 39.8 Å². The van der Waals surface area contributed by atoms with Crippen molar-refractivity contribution in [1.29, 1.82) is 0 Å². The first kappa shape index (κ1) is 25.9. The topological polar surface area (TPSA) is 114 Å². The summed E-state index contributed by atoms with van der Waals surface area (Å²) in [5, 5.41) is 29.8. The molecule has 0 aromatic heterocycles. The van der Waals surface area contributed by atoms with Gasteiger partial charge in [0.2, 0.25) is 0 Å². The molecule has 2 aromatic carbocycles. The predicted molar refractivity (Wildman–Crippen MR) is 134 cm³/mol. The highest BCUT2D eigenvalue weighted by atomic mass is 16.5. The quantitative estimate of drug-likeness (QED) is 0.510. The molecule has 9 nitrogen and oxygen atoms in total. The molecule has 36 heavy (non-hydrogen) atoms. The molecule has 1 fully saturated rings. The molecule has 0 radical (unpaired) electrons. The van der Waals surface area contributed by atoms with Gasteiger partial charge in [0.25, 0.3) is 5.91 Å². The number of fused-ring (bicyclic) bond motifs is 1. The summed E-state index contributed by atoms with van der Waals surface area (Å²) >= 11 is 0. The highest BCUT2D eigenvalue weighted by Crippen LogP contribution is 2.35. The lowest BCUT2D eigenvalue weighted by Gasteiger charge is -2.32. The summed E-state index contributed by atoms with van der Waals surface area (Å²) in [5.41, 5.74) is 3.95. The number of carboxylic acid groups (broad SMARTS) is 1. The van der Waals surface area contributed by atoms with Crippen LogP contribution in [0.5, 0.6) is 11.5 Å². The minimum Gasteiger partial charge on any atom is -0.508 e. The molecule has 2 aliphatic heterocycles. The number of carboxylic acids is 1. The first-order valence-electron chi connectivity index (χ1n) is 12.3. The van der Waals surface area contributed by atoms with Crippen molar-refractivity contribution < 1.29 is 29.6 Å². The standard InChI is InChI=1S/C27H35N3O6/c1-17(16-36-18(2)27(34)35)22-11-23(25(32)12-24(22)31)26(33)30-14-20-5-4-19(10-21(20)15-30)13-29-8-6-28(3)7-9-29/h4-5,10-12,17-18,31-32H,6-9,13-16H2,1-3H3,(H,34,35)/t17?,18-/m0/s1. The van der Waals surface area contributed by atoms with Gasteiger partial charge in [0, 0.05) is 63.4 Å². The number of hydrogen-bond acceptors (Lipinski definition) is 7. The van der Waals surface area contributed by atoms with Gasteiger partial charge in [-0.15, -0.1) is 0 Å². The summed E-state index contributed by atoms with van der Waals surface area (Å²) in [7, 11) is 2.14. The maximum atomic E-state index is 13.4. The number of aliphatic carboxylic acids is 1. The number of aromatic hydroxyl groups is 2. The van der Waals surface area contributed by atoms with Crippen LogP contribution in [0, 0.1) is 0 Å². The third-order valence-corrected chi connectivity index (χ3v) is 7.13. The molecular formula is C27H35N3O6. The number of likely N-dealkylation sites (N-methyl/N-ethyl adjacent to an activating group) is 1. The molecule has 0 aliphatic carbocycles. The molecule has 1 saturated heterocycles. The Balaban J connectivity index is 1.45. The number of carbonyl (C=O) groups excluding carboxylic acids is 1. The minimum absolute atomic E-state index is 0.0463. The average molecular weight is 498 g/mol. The summed E-state index contributed by atoms with van der Waals surface area (Å²) in [6.07, 6.45) is -0.989. The molecule has 0 spiro atoms. The number of rotatable bonds is 8. The zero-order chi connectivity index (χ0) is 26.0. The fourth-order valence-electron chi connectivity index (χ4n) is 4.73. The highest BCUT2D eigenvalue weighted by molar-refractivity contribution is 5.97. The smallest absolute Gasteiger partial charge is 0.332 e. The second kappa shape index (κ2) is 10.9. The Bertz CT molecular complexity index is 1130. The van der Waals surface area contributed by atoms with Crippen LogP contribution in [0.3, 0.4) is 0 Å². The molecule has 1 unspecified atom stereocenters. The van der Waals surface area contributed by atoms with Crippen LogP contribution >= 0.6 is 0 Å². The second-order valence-corrected chi connectivity index (χ2v) is 9.99. The Hall–Kier alpha value is -3.14. The fraction of sp³-hybridized carbons (Fsp3) is 0.481. The van der Waals surface area contributed by atoms with Crippen LogP contribution < -0.4 is 0 Å². The van der Waals surface area contributed by atoms with E-state index in [-0.39, 0.29) is 35.5 Å². The first-order chi connectivity index (χ1) is 17.1. The van der Waals surface area contributed by atoms with E-state index in [1.807, 2.05) is 0 Å². The summed E-state index contributed by atoms with van der Waals surface area (Å²) < 4.78 is 5.34. The van der Waals surface area contributed by atoms with Crippen molar-refractivity contribution in [3.05, 3.63) is 58.1 Å². The van der Waals surface area contributed by atoms with Crippen LogP contribution in [0.4, 0.5) is 0 Å². The number of phenols is 2. The Morgan fingerprint density at radius 2 is 1.67 bits per heavy atom. The van der Waals surface area contributed by atoms with Crippen molar-refractivity contribution in [2.24, 2.45) is 0 Å². The monoisotopic (exact) mass is 497 g/mol. The molecule has 0 bridgehead atoms. The van der Waals surface area contributed by atoms with Crippen molar-refractivity contribution in [1.82, 2.24) is 14.7 Å². The maximum Gasteiger partial charge on any atom is 0.332 e. The molecule has 2 aliphatic rings. The zero-order valence-electron chi connectivity index (χ0n) is 21.1. The predicted octanol–water partition coefficient (Wildman–Crippen LogP) is 2.59. The van der Waals surface area contributed by atoms with E-state index < -0.39 is 12.1 Å². The van der Waals surface area contributed by atoms with Crippen molar-refractivity contribution >= 4 is 11.9 Å². The molecule has 2 heterocycles. The molecule has 3 N–H and O–H groups in total. The van der Waals surface area contributed by atoms with Crippen LogP contribution in [-0.4, -0.2) is 87.8 Å². The van der Waals surface area contributed by atoms with E-state index in [4.69, 9.17) is 9.84 Å². The zero-order valence-corrected chi connectivity index (χ0v) is 21.1. The van der Waals surface area contributed by atoms with Gasteiger partial charge in [-0.2, -0.15) is 0 Å². The minimum atomic E-state index is -1.08. The van der Waals surface area contributed by atoms with Gasteiger partial charge in [0.15, 0.2) is 6.10 Å². The summed E-state index contributed by atoms with van der Waals surface area (Å²) in [6, 6.07) is 9.03. The van der Waals surface area contributed by atoms with E-state index in [1.54, 1.807) is 11.8 Å².